The molecule has 1 amide bonds. The highest BCUT2D eigenvalue weighted by molar-refractivity contribution is 7.07. The molecule has 6 nitrogen and oxygen atoms in total. The molecule has 0 saturated carbocycles. The molecule has 0 fully saturated rings. The molecule has 0 aliphatic rings. The molecule has 0 spiro atoms. The maximum atomic E-state index is 12.1. The second-order valence-corrected chi connectivity index (χ2v) is 6.67. The smallest absolute Gasteiger partial charge is 0.338 e. The number of ether oxygens (including phenoxy) is 1. The third kappa shape index (κ3) is 4.18. The number of nitrogens with zero attached hydrogens (tertiary/aromatic N) is 3. The number of aromatic nitrogens is 2. The van der Waals surface area contributed by atoms with Crippen LogP contribution in [0.3, 0.4) is 0 Å². The lowest BCUT2D eigenvalue weighted by Crippen LogP contribution is -2.30. The lowest BCUT2D eigenvalue weighted by Gasteiger charge is -2.16. The molecular weight excluding hydrogens is 350 g/mol. The SMILES string of the molecule is Cc1ccnn1-c1ccc(C(=O)OCC(=O)N(C)Cc2ccsc2)cc1. The number of likely N-dealkylation sites (N-methyl/N-ethyl adjacent to an activating group) is 1. The van der Waals surface area contributed by atoms with E-state index in [1.54, 1.807) is 58.4 Å². The average molecular weight is 369 g/mol. The zero-order chi connectivity index (χ0) is 18.5. The van der Waals surface area contributed by atoms with Crippen molar-refractivity contribution >= 4 is 23.2 Å². The standard InChI is InChI=1S/C19H19N3O3S/c1-14-7-9-20-22(14)17-5-3-16(4-6-17)19(24)25-12-18(23)21(2)11-15-8-10-26-13-15/h3-10,13H,11-12H2,1-2H3. The van der Waals surface area contributed by atoms with Crippen molar-refractivity contribution in [2.24, 2.45) is 0 Å². The highest BCUT2D eigenvalue weighted by Crippen LogP contribution is 2.12. The Hall–Kier alpha value is -2.93. The number of hydrogen-bond donors (Lipinski definition) is 0. The Labute approximate surface area is 155 Å². The molecule has 0 bridgehead atoms. The lowest BCUT2D eigenvalue weighted by molar-refractivity contribution is -0.133. The van der Waals surface area contributed by atoms with Gasteiger partial charge >= 0.3 is 5.97 Å². The number of rotatable bonds is 6. The molecular formula is C19H19N3O3S. The van der Waals surface area contributed by atoms with Crippen LogP contribution in [0.15, 0.2) is 53.4 Å². The van der Waals surface area contributed by atoms with Gasteiger partial charge in [0.1, 0.15) is 0 Å². The van der Waals surface area contributed by atoms with Gasteiger partial charge in [-0.05, 0) is 59.6 Å². The highest BCUT2D eigenvalue weighted by atomic mass is 32.1. The van der Waals surface area contributed by atoms with Gasteiger partial charge in [0.25, 0.3) is 5.91 Å². The zero-order valence-corrected chi connectivity index (χ0v) is 15.4. The van der Waals surface area contributed by atoms with Crippen LogP contribution in [-0.2, 0) is 16.1 Å². The van der Waals surface area contributed by atoms with Crippen LogP contribution >= 0.6 is 11.3 Å². The molecule has 0 aliphatic carbocycles. The molecule has 0 atom stereocenters. The quantitative estimate of drug-likeness (QED) is 0.627. The van der Waals surface area contributed by atoms with E-state index in [1.165, 1.54) is 0 Å². The summed E-state index contributed by atoms with van der Waals surface area (Å²) in [5, 5.41) is 8.17. The Kier molecular flexibility index (Phi) is 5.48. The van der Waals surface area contributed by atoms with E-state index < -0.39 is 5.97 Å². The summed E-state index contributed by atoms with van der Waals surface area (Å²) in [4.78, 5) is 25.8. The van der Waals surface area contributed by atoms with Gasteiger partial charge in [0.05, 0.1) is 11.3 Å². The summed E-state index contributed by atoms with van der Waals surface area (Å²) in [6.07, 6.45) is 1.72. The molecule has 7 heteroatoms. The molecule has 3 aromatic rings. The predicted octanol–water partition coefficient (Wildman–Crippen LogP) is 3.06. The summed E-state index contributed by atoms with van der Waals surface area (Å²) in [6, 6.07) is 10.8. The molecule has 1 aromatic carbocycles. The van der Waals surface area contributed by atoms with Gasteiger partial charge in [0, 0.05) is 25.5 Å². The van der Waals surface area contributed by atoms with Crippen molar-refractivity contribution in [1.82, 2.24) is 14.7 Å². The van der Waals surface area contributed by atoms with Crippen LogP contribution in [0.2, 0.25) is 0 Å². The van der Waals surface area contributed by atoms with E-state index in [1.807, 2.05) is 29.8 Å². The van der Waals surface area contributed by atoms with Crippen LogP contribution in [0.25, 0.3) is 5.69 Å². The maximum Gasteiger partial charge on any atom is 0.338 e. The third-order valence-electron chi connectivity index (χ3n) is 3.93. The molecule has 2 aromatic heterocycles. The number of benzene rings is 1. The summed E-state index contributed by atoms with van der Waals surface area (Å²) in [5.74, 6) is -0.764. The van der Waals surface area contributed by atoms with Crippen LogP contribution in [0.5, 0.6) is 0 Å². The second-order valence-electron chi connectivity index (χ2n) is 5.89. The van der Waals surface area contributed by atoms with Crippen LogP contribution < -0.4 is 0 Å². The number of esters is 1. The van der Waals surface area contributed by atoms with Crippen molar-refractivity contribution in [1.29, 1.82) is 0 Å². The summed E-state index contributed by atoms with van der Waals surface area (Å²) in [5.41, 5.74) is 3.31. The Morgan fingerprint density at radius 2 is 1.96 bits per heavy atom. The normalized spacial score (nSPS) is 10.5. The van der Waals surface area contributed by atoms with Crippen LogP contribution in [0.1, 0.15) is 21.6 Å². The molecule has 0 saturated heterocycles. The van der Waals surface area contributed by atoms with Crippen LogP contribution in [0.4, 0.5) is 0 Å². The van der Waals surface area contributed by atoms with E-state index in [2.05, 4.69) is 5.10 Å². The summed E-state index contributed by atoms with van der Waals surface area (Å²) in [7, 11) is 1.69. The third-order valence-corrected chi connectivity index (χ3v) is 4.66. The molecule has 2 heterocycles. The monoisotopic (exact) mass is 369 g/mol. The molecule has 134 valence electrons. The highest BCUT2D eigenvalue weighted by Gasteiger charge is 2.14. The zero-order valence-electron chi connectivity index (χ0n) is 14.6. The largest absolute Gasteiger partial charge is 0.452 e. The van der Waals surface area contributed by atoms with Crippen molar-refractivity contribution in [3.63, 3.8) is 0 Å². The van der Waals surface area contributed by atoms with Crippen molar-refractivity contribution < 1.29 is 14.3 Å². The molecule has 0 aliphatic heterocycles. The number of aryl methyl sites for hydroxylation is 1. The molecule has 0 radical (unpaired) electrons. The Morgan fingerprint density at radius 3 is 2.58 bits per heavy atom. The van der Waals surface area contributed by atoms with Crippen molar-refractivity contribution in [3.05, 3.63) is 70.2 Å². The molecule has 0 N–H and O–H groups in total. The van der Waals surface area contributed by atoms with Crippen molar-refractivity contribution in [2.75, 3.05) is 13.7 Å². The first-order valence-corrected chi connectivity index (χ1v) is 9.02. The van der Waals surface area contributed by atoms with Gasteiger partial charge in [-0.15, -0.1) is 0 Å². The van der Waals surface area contributed by atoms with Gasteiger partial charge < -0.3 is 9.64 Å². The summed E-state index contributed by atoms with van der Waals surface area (Å²) >= 11 is 1.58. The molecule has 26 heavy (non-hydrogen) atoms. The van der Waals surface area contributed by atoms with Crippen LogP contribution in [-0.4, -0.2) is 40.2 Å². The topological polar surface area (TPSA) is 64.4 Å². The Morgan fingerprint density at radius 1 is 1.19 bits per heavy atom. The number of hydrogen-bond acceptors (Lipinski definition) is 5. The summed E-state index contributed by atoms with van der Waals surface area (Å²) in [6.45, 7) is 2.17. The van der Waals surface area contributed by atoms with E-state index in [9.17, 15) is 9.59 Å². The van der Waals surface area contributed by atoms with Gasteiger partial charge in [0.2, 0.25) is 0 Å². The van der Waals surface area contributed by atoms with E-state index in [0.29, 0.717) is 12.1 Å². The first kappa shape index (κ1) is 17.9. The maximum absolute atomic E-state index is 12.1. The Balaban J connectivity index is 1.54. The first-order valence-electron chi connectivity index (χ1n) is 8.08. The molecule has 0 unspecified atom stereocenters. The second kappa shape index (κ2) is 7.97. The Bertz CT molecular complexity index is 885. The van der Waals surface area contributed by atoms with Crippen molar-refractivity contribution in [3.8, 4) is 5.69 Å². The predicted molar refractivity (Wildman–Crippen MR) is 99.4 cm³/mol. The van der Waals surface area contributed by atoms with E-state index in [4.69, 9.17) is 4.74 Å². The number of thiophene rings is 1. The van der Waals surface area contributed by atoms with E-state index >= 15 is 0 Å². The number of amides is 1. The van der Waals surface area contributed by atoms with E-state index in [0.717, 1.165) is 16.9 Å². The van der Waals surface area contributed by atoms with Gasteiger partial charge in [-0.25, -0.2) is 9.48 Å². The fourth-order valence-corrected chi connectivity index (χ4v) is 3.10. The van der Waals surface area contributed by atoms with E-state index in [-0.39, 0.29) is 12.5 Å². The minimum atomic E-state index is -0.522. The number of carbonyl (C=O) groups is 2. The average Bonchev–Trinajstić information content (AvgIpc) is 3.31. The fraction of sp³-hybridized carbons (Fsp3) is 0.211. The molecule has 3 rings (SSSR count). The van der Waals surface area contributed by atoms with Gasteiger partial charge in [-0.3, -0.25) is 4.79 Å². The minimum absolute atomic E-state index is 0.242. The van der Waals surface area contributed by atoms with Crippen LogP contribution in [0, 0.1) is 6.92 Å². The van der Waals surface area contributed by atoms with Gasteiger partial charge in [0.15, 0.2) is 6.61 Å². The number of carbonyl (C=O) groups excluding carboxylic acids is 2. The first-order chi connectivity index (χ1) is 12.5. The van der Waals surface area contributed by atoms with Crippen molar-refractivity contribution in [2.45, 2.75) is 13.5 Å². The minimum Gasteiger partial charge on any atom is -0.452 e. The van der Waals surface area contributed by atoms with Gasteiger partial charge in [-0.1, -0.05) is 0 Å². The lowest BCUT2D eigenvalue weighted by atomic mass is 10.2. The van der Waals surface area contributed by atoms with Gasteiger partial charge in [-0.2, -0.15) is 16.4 Å². The summed E-state index contributed by atoms with van der Waals surface area (Å²) < 4.78 is 6.91. The fourth-order valence-electron chi connectivity index (χ4n) is 2.44.